The number of carboxylic acid groups (broad SMARTS) is 1. The maximum atomic E-state index is 12.8. The zero-order chi connectivity index (χ0) is 12.3. The average Bonchev–Trinajstić information content (AvgIpc) is 1.96. The number of ether oxygens (including phenoxy) is 1. The van der Waals surface area contributed by atoms with E-state index in [9.17, 15) is 22.4 Å². The van der Waals surface area contributed by atoms with Crippen molar-refractivity contribution in [1.29, 1.82) is 0 Å². The van der Waals surface area contributed by atoms with Gasteiger partial charge in [0.25, 0.3) is 0 Å². The molecule has 0 saturated heterocycles. The summed E-state index contributed by atoms with van der Waals surface area (Å²) in [6.45, 7) is 0. The van der Waals surface area contributed by atoms with Gasteiger partial charge in [0, 0.05) is 6.07 Å². The van der Waals surface area contributed by atoms with Crippen LogP contribution in [0, 0.1) is 5.82 Å². The molecule has 0 amide bonds. The summed E-state index contributed by atoms with van der Waals surface area (Å²) in [4.78, 5) is 10.3. The first-order valence-electron chi connectivity index (χ1n) is 4.03. The first kappa shape index (κ1) is 12.3. The number of alkyl halides is 3. The van der Waals surface area contributed by atoms with Crippen molar-refractivity contribution in [2.75, 3.05) is 0 Å². The van der Waals surface area contributed by atoms with E-state index in [2.05, 4.69) is 4.74 Å². The Morgan fingerprint density at radius 3 is 2.44 bits per heavy atom. The Kier molecular flexibility index (Phi) is 3.36. The predicted molar refractivity (Wildman–Crippen MR) is 44.4 cm³/mol. The third kappa shape index (κ3) is 4.16. The number of hydrogen-bond acceptors (Lipinski definition) is 2. The van der Waals surface area contributed by atoms with Gasteiger partial charge in [-0.05, 0) is 17.7 Å². The summed E-state index contributed by atoms with van der Waals surface area (Å²) in [5.41, 5.74) is -0.105. The van der Waals surface area contributed by atoms with Crippen molar-refractivity contribution in [1.82, 2.24) is 0 Å². The SMILES string of the molecule is O=C(O)Cc1cc(F)cc(OC(F)(F)F)c1. The number of carbonyl (C=O) groups is 1. The molecule has 0 heterocycles. The molecule has 0 unspecified atom stereocenters. The summed E-state index contributed by atoms with van der Waals surface area (Å²) in [6, 6.07) is 2.18. The van der Waals surface area contributed by atoms with E-state index in [1.165, 1.54) is 0 Å². The van der Waals surface area contributed by atoms with Crippen molar-refractivity contribution in [2.45, 2.75) is 12.8 Å². The third-order valence-corrected chi connectivity index (χ3v) is 1.52. The van der Waals surface area contributed by atoms with Crippen LogP contribution in [0.4, 0.5) is 17.6 Å². The fourth-order valence-corrected chi connectivity index (χ4v) is 1.09. The molecule has 7 heteroatoms. The van der Waals surface area contributed by atoms with E-state index in [1.54, 1.807) is 0 Å². The van der Waals surface area contributed by atoms with Gasteiger partial charge in [-0.1, -0.05) is 0 Å². The number of hydrogen-bond donors (Lipinski definition) is 1. The molecule has 0 bridgehead atoms. The normalized spacial score (nSPS) is 11.2. The smallest absolute Gasteiger partial charge is 0.481 e. The molecule has 0 radical (unpaired) electrons. The van der Waals surface area contributed by atoms with Crippen molar-refractivity contribution in [3.63, 3.8) is 0 Å². The molecule has 0 atom stereocenters. The Morgan fingerprint density at radius 2 is 1.94 bits per heavy atom. The van der Waals surface area contributed by atoms with E-state index in [4.69, 9.17) is 5.11 Å². The molecule has 0 fully saturated rings. The molecule has 0 aliphatic heterocycles. The molecule has 1 rings (SSSR count). The molecule has 1 aromatic carbocycles. The summed E-state index contributed by atoms with van der Waals surface area (Å²) >= 11 is 0. The van der Waals surface area contributed by atoms with Gasteiger partial charge in [-0.15, -0.1) is 13.2 Å². The van der Waals surface area contributed by atoms with Crippen molar-refractivity contribution in [3.8, 4) is 5.75 Å². The molecule has 16 heavy (non-hydrogen) atoms. The quantitative estimate of drug-likeness (QED) is 0.822. The molecule has 3 nitrogen and oxygen atoms in total. The Morgan fingerprint density at radius 1 is 1.31 bits per heavy atom. The van der Waals surface area contributed by atoms with Crippen LogP contribution in [-0.2, 0) is 11.2 Å². The molecule has 0 aliphatic rings. The third-order valence-electron chi connectivity index (χ3n) is 1.52. The highest BCUT2D eigenvalue weighted by molar-refractivity contribution is 5.70. The first-order chi connectivity index (χ1) is 7.26. The maximum Gasteiger partial charge on any atom is 0.573 e. The second-order valence-corrected chi connectivity index (χ2v) is 2.91. The number of rotatable bonds is 3. The van der Waals surface area contributed by atoms with Gasteiger partial charge in [-0.3, -0.25) is 4.79 Å². The maximum absolute atomic E-state index is 12.8. The van der Waals surface area contributed by atoms with Crippen molar-refractivity contribution < 1.29 is 32.2 Å². The Hall–Kier alpha value is -1.79. The first-order valence-corrected chi connectivity index (χ1v) is 4.03. The topological polar surface area (TPSA) is 46.5 Å². The molecule has 0 aromatic heterocycles. The summed E-state index contributed by atoms with van der Waals surface area (Å²) in [7, 11) is 0. The highest BCUT2D eigenvalue weighted by Gasteiger charge is 2.31. The standard InChI is InChI=1S/C9H6F4O3/c10-6-1-5(3-8(14)15)2-7(4-6)16-9(11,12)13/h1-2,4H,3H2,(H,14,15). The fraction of sp³-hybridized carbons (Fsp3) is 0.222. The van der Waals surface area contributed by atoms with Crippen LogP contribution < -0.4 is 4.74 Å². The lowest BCUT2D eigenvalue weighted by atomic mass is 10.1. The fourth-order valence-electron chi connectivity index (χ4n) is 1.09. The van der Waals surface area contributed by atoms with Crippen molar-refractivity contribution in [2.24, 2.45) is 0 Å². The van der Waals surface area contributed by atoms with E-state index in [0.717, 1.165) is 12.1 Å². The van der Waals surface area contributed by atoms with Gasteiger partial charge in [0.05, 0.1) is 6.42 Å². The average molecular weight is 238 g/mol. The van der Waals surface area contributed by atoms with Crippen LogP contribution >= 0.6 is 0 Å². The van der Waals surface area contributed by atoms with Crippen LogP contribution in [0.1, 0.15) is 5.56 Å². The van der Waals surface area contributed by atoms with Crippen LogP contribution in [0.3, 0.4) is 0 Å². The highest BCUT2D eigenvalue weighted by Crippen LogP contribution is 2.24. The molecule has 1 N–H and O–H groups in total. The van der Waals surface area contributed by atoms with Gasteiger partial charge in [0.15, 0.2) is 0 Å². The summed E-state index contributed by atoms with van der Waals surface area (Å²) in [5.74, 6) is -3.04. The largest absolute Gasteiger partial charge is 0.573 e. The number of aliphatic carboxylic acids is 1. The second-order valence-electron chi connectivity index (χ2n) is 2.91. The van der Waals surface area contributed by atoms with E-state index < -0.39 is 30.3 Å². The van der Waals surface area contributed by atoms with Gasteiger partial charge in [-0.25, -0.2) is 4.39 Å². The predicted octanol–water partition coefficient (Wildman–Crippen LogP) is 2.35. The second kappa shape index (κ2) is 4.38. The molecular formula is C9H6F4O3. The molecule has 0 spiro atoms. The minimum absolute atomic E-state index is 0.105. The van der Waals surface area contributed by atoms with Gasteiger partial charge in [-0.2, -0.15) is 0 Å². The van der Waals surface area contributed by atoms with Gasteiger partial charge < -0.3 is 9.84 Å². The minimum atomic E-state index is -4.94. The Balaban J connectivity index is 2.94. The summed E-state index contributed by atoms with van der Waals surface area (Å²) in [6.07, 6.45) is -5.51. The Labute approximate surface area is 87.3 Å². The minimum Gasteiger partial charge on any atom is -0.481 e. The number of carboxylic acids is 1. The van der Waals surface area contributed by atoms with E-state index in [-0.39, 0.29) is 5.56 Å². The van der Waals surface area contributed by atoms with Crippen LogP contribution in [0.15, 0.2) is 18.2 Å². The van der Waals surface area contributed by atoms with Crippen LogP contribution in [0.2, 0.25) is 0 Å². The summed E-state index contributed by atoms with van der Waals surface area (Å²) in [5, 5.41) is 8.40. The van der Waals surface area contributed by atoms with Crippen LogP contribution in [0.5, 0.6) is 5.75 Å². The van der Waals surface area contributed by atoms with E-state index >= 15 is 0 Å². The zero-order valence-electron chi connectivity index (χ0n) is 7.71. The zero-order valence-corrected chi connectivity index (χ0v) is 7.71. The van der Waals surface area contributed by atoms with Gasteiger partial charge in [0.2, 0.25) is 0 Å². The van der Waals surface area contributed by atoms with Crippen molar-refractivity contribution in [3.05, 3.63) is 29.6 Å². The molecule has 0 aliphatic carbocycles. The molecular weight excluding hydrogens is 232 g/mol. The van der Waals surface area contributed by atoms with Gasteiger partial charge >= 0.3 is 12.3 Å². The summed E-state index contributed by atoms with van der Waals surface area (Å²) < 4.78 is 51.7. The molecule has 0 saturated carbocycles. The van der Waals surface area contributed by atoms with Crippen LogP contribution in [0.25, 0.3) is 0 Å². The monoisotopic (exact) mass is 238 g/mol. The highest BCUT2D eigenvalue weighted by atomic mass is 19.4. The Bertz CT molecular complexity index is 400. The molecule has 88 valence electrons. The lowest BCUT2D eigenvalue weighted by molar-refractivity contribution is -0.274. The molecule has 1 aromatic rings. The van der Waals surface area contributed by atoms with Crippen LogP contribution in [-0.4, -0.2) is 17.4 Å². The van der Waals surface area contributed by atoms with E-state index in [0.29, 0.717) is 6.07 Å². The number of benzene rings is 1. The lowest BCUT2D eigenvalue weighted by Gasteiger charge is -2.09. The van der Waals surface area contributed by atoms with E-state index in [1.807, 2.05) is 0 Å². The van der Waals surface area contributed by atoms with Gasteiger partial charge in [0.1, 0.15) is 11.6 Å². The lowest BCUT2D eigenvalue weighted by Crippen LogP contribution is -2.17. The number of halogens is 4. The van der Waals surface area contributed by atoms with Crippen molar-refractivity contribution >= 4 is 5.97 Å².